The number of aromatic nitrogens is 2. The molecule has 10 heteroatoms. The topological polar surface area (TPSA) is 64.0 Å². The van der Waals surface area contributed by atoms with Crippen molar-refractivity contribution in [3.05, 3.63) is 66.4 Å². The number of benzene rings is 2. The van der Waals surface area contributed by atoms with Crippen LogP contribution in [-0.4, -0.2) is 24.6 Å². The Morgan fingerprint density at radius 2 is 1.67 bits per heavy atom. The molecule has 27 heavy (non-hydrogen) atoms. The molecule has 0 fully saturated rings. The van der Waals surface area contributed by atoms with Gasteiger partial charge < -0.3 is 0 Å². The van der Waals surface area contributed by atoms with E-state index in [-0.39, 0.29) is 10.6 Å². The largest absolute Gasteiger partial charge is 0.435 e. The first-order valence-electron chi connectivity index (χ1n) is 7.60. The summed E-state index contributed by atoms with van der Waals surface area (Å²) in [6.07, 6.45) is -2.84. The molecule has 0 aliphatic rings. The van der Waals surface area contributed by atoms with Gasteiger partial charge in [-0.1, -0.05) is 30.3 Å². The first-order valence-corrected chi connectivity index (χ1v) is 10.3. The number of rotatable bonds is 5. The van der Waals surface area contributed by atoms with E-state index in [9.17, 15) is 21.6 Å². The summed E-state index contributed by atoms with van der Waals surface area (Å²) in [5.74, 6) is 0. The van der Waals surface area contributed by atoms with E-state index in [0.717, 1.165) is 11.0 Å². The summed E-state index contributed by atoms with van der Waals surface area (Å²) >= 11 is 1.48. The molecule has 3 aromatic rings. The van der Waals surface area contributed by atoms with Crippen LogP contribution in [0.3, 0.4) is 0 Å². The van der Waals surface area contributed by atoms with Crippen molar-refractivity contribution in [2.75, 3.05) is 11.1 Å². The molecule has 0 radical (unpaired) electrons. The standard InChI is InChI=1S/C17H14F3N3O2S2/c1-26-13-9-7-12(8-10-13)15-11-16(17(18,19)20)21-23(15)22-27(24,25)14-5-3-2-4-6-14/h2-11,22H,1H3. The molecule has 0 spiro atoms. The van der Waals surface area contributed by atoms with Gasteiger partial charge in [-0.15, -0.1) is 16.9 Å². The Labute approximate surface area is 158 Å². The summed E-state index contributed by atoms with van der Waals surface area (Å²) in [5, 5.41) is 3.41. The third-order valence-corrected chi connectivity index (χ3v) is 5.70. The highest BCUT2D eigenvalue weighted by Crippen LogP contribution is 2.32. The van der Waals surface area contributed by atoms with Gasteiger partial charge in [0.25, 0.3) is 10.0 Å². The number of thioether (sulfide) groups is 1. The Morgan fingerprint density at radius 1 is 1.04 bits per heavy atom. The molecule has 0 saturated carbocycles. The molecule has 0 aliphatic heterocycles. The Balaban J connectivity index is 2.06. The van der Waals surface area contributed by atoms with Crippen molar-refractivity contribution in [1.29, 1.82) is 0 Å². The zero-order chi connectivity index (χ0) is 19.7. The highest BCUT2D eigenvalue weighted by Gasteiger charge is 2.35. The van der Waals surface area contributed by atoms with Crippen molar-refractivity contribution in [1.82, 2.24) is 9.89 Å². The smallest absolute Gasteiger partial charge is 0.200 e. The second-order valence-corrected chi connectivity index (χ2v) is 8.00. The van der Waals surface area contributed by atoms with E-state index in [1.165, 1.54) is 36.0 Å². The first-order chi connectivity index (χ1) is 12.7. The van der Waals surface area contributed by atoms with Crippen molar-refractivity contribution in [3.8, 4) is 11.3 Å². The monoisotopic (exact) mass is 413 g/mol. The quantitative estimate of drug-likeness (QED) is 0.636. The molecule has 3 rings (SSSR count). The van der Waals surface area contributed by atoms with E-state index in [1.54, 1.807) is 30.3 Å². The third-order valence-electron chi connectivity index (χ3n) is 3.65. The van der Waals surface area contributed by atoms with Crippen LogP contribution in [0.5, 0.6) is 0 Å². The van der Waals surface area contributed by atoms with Crippen LogP contribution in [0.4, 0.5) is 13.2 Å². The predicted octanol–water partition coefficient (Wildman–Crippen LogP) is 4.22. The van der Waals surface area contributed by atoms with E-state index in [0.29, 0.717) is 10.4 Å². The fourth-order valence-electron chi connectivity index (χ4n) is 2.32. The molecule has 0 aliphatic carbocycles. The summed E-state index contributed by atoms with van der Waals surface area (Å²) in [5.41, 5.74) is -0.816. The molecule has 0 bridgehead atoms. The van der Waals surface area contributed by atoms with Gasteiger partial charge in [-0.05, 0) is 36.6 Å². The predicted molar refractivity (Wildman–Crippen MR) is 97.4 cm³/mol. The van der Waals surface area contributed by atoms with Crippen molar-refractivity contribution in [2.45, 2.75) is 16.0 Å². The lowest BCUT2D eigenvalue weighted by Crippen LogP contribution is -2.25. The molecule has 0 saturated heterocycles. The second kappa shape index (κ2) is 7.28. The Kier molecular flexibility index (Phi) is 5.20. The molecule has 5 nitrogen and oxygen atoms in total. The number of sulfonamides is 1. The fourth-order valence-corrected chi connectivity index (χ4v) is 3.72. The highest BCUT2D eigenvalue weighted by atomic mass is 32.2. The van der Waals surface area contributed by atoms with E-state index in [4.69, 9.17) is 0 Å². The van der Waals surface area contributed by atoms with Crippen LogP contribution in [0, 0.1) is 0 Å². The third kappa shape index (κ3) is 4.28. The zero-order valence-electron chi connectivity index (χ0n) is 13.9. The van der Waals surface area contributed by atoms with E-state index < -0.39 is 21.9 Å². The van der Waals surface area contributed by atoms with E-state index >= 15 is 0 Å². The average molecular weight is 413 g/mol. The van der Waals surface area contributed by atoms with Crippen LogP contribution in [-0.2, 0) is 16.2 Å². The SMILES string of the molecule is CSc1ccc(-c2cc(C(F)(F)F)nn2NS(=O)(=O)c2ccccc2)cc1. The fraction of sp³-hybridized carbons (Fsp3) is 0.118. The molecule has 2 aromatic carbocycles. The average Bonchev–Trinajstić information content (AvgIpc) is 3.06. The summed E-state index contributed by atoms with van der Waals surface area (Å²) in [6, 6.07) is 14.8. The maximum absolute atomic E-state index is 13.1. The lowest BCUT2D eigenvalue weighted by atomic mass is 10.1. The van der Waals surface area contributed by atoms with Crippen LogP contribution in [0.25, 0.3) is 11.3 Å². The number of hydrogen-bond acceptors (Lipinski definition) is 4. The minimum atomic E-state index is -4.71. The Morgan fingerprint density at radius 3 is 2.22 bits per heavy atom. The molecule has 1 heterocycles. The molecule has 0 atom stereocenters. The van der Waals surface area contributed by atoms with Gasteiger partial charge in [-0.3, -0.25) is 0 Å². The normalized spacial score (nSPS) is 12.1. The maximum atomic E-state index is 13.1. The minimum absolute atomic E-state index is 0.0190. The number of nitrogens with zero attached hydrogens (tertiary/aromatic N) is 2. The van der Waals surface area contributed by atoms with Gasteiger partial charge in [0.1, 0.15) is 0 Å². The van der Waals surface area contributed by atoms with Gasteiger partial charge in [0.15, 0.2) is 5.69 Å². The second-order valence-electron chi connectivity index (χ2n) is 5.46. The van der Waals surface area contributed by atoms with Crippen molar-refractivity contribution in [3.63, 3.8) is 0 Å². The lowest BCUT2D eigenvalue weighted by molar-refractivity contribution is -0.141. The van der Waals surface area contributed by atoms with Crippen molar-refractivity contribution >= 4 is 21.8 Å². The lowest BCUT2D eigenvalue weighted by Gasteiger charge is -2.11. The van der Waals surface area contributed by atoms with E-state index in [1.807, 2.05) is 6.26 Å². The van der Waals surface area contributed by atoms with Crippen LogP contribution in [0.15, 0.2) is 70.5 Å². The number of alkyl halides is 3. The van der Waals surface area contributed by atoms with Gasteiger partial charge in [0.2, 0.25) is 0 Å². The maximum Gasteiger partial charge on any atom is 0.435 e. The number of nitrogens with one attached hydrogen (secondary N) is 1. The Bertz CT molecular complexity index is 1030. The molecule has 142 valence electrons. The molecule has 0 amide bonds. The van der Waals surface area contributed by atoms with E-state index in [2.05, 4.69) is 9.93 Å². The highest BCUT2D eigenvalue weighted by molar-refractivity contribution is 7.98. The molecule has 1 aromatic heterocycles. The zero-order valence-corrected chi connectivity index (χ0v) is 15.6. The molecule has 1 N–H and O–H groups in total. The number of hydrogen-bond donors (Lipinski definition) is 1. The molecule has 0 unspecified atom stereocenters. The summed E-state index contributed by atoms with van der Waals surface area (Å²) < 4.78 is 64.3. The molecular formula is C17H14F3N3O2S2. The van der Waals surface area contributed by atoms with Gasteiger partial charge in [-0.2, -0.15) is 31.2 Å². The van der Waals surface area contributed by atoms with Crippen molar-refractivity contribution < 1.29 is 21.6 Å². The van der Waals surface area contributed by atoms with Gasteiger partial charge >= 0.3 is 6.18 Å². The minimum Gasteiger partial charge on any atom is -0.200 e. The summed E-state index contributed by atoms with van der Waals surface area (Å²) in [7, 11) is -4.11. The van der Waals surface area contributed by atoms with Gasteiger partial charge in [0, 0.05) is 10.5 Å². The van der Waals surface area contributed by atoms with Gasteiger partial charge in [0.05, 0.1) is 10.6 Å². The molecular weight excluding hydrogens is 399 g/mol. The summed E-state index contributed by atoms with van der Waals surface area (Å²) in [6.45, 7) is 0. The van der Waals surface area contributed by atoms with Crippen molar-refractivity contribution in [2.24, 2.45) is 0 Å². The van der Waals surface area contributed by atoms with Gasteiger partial charge in [-0.25, -0.2) is 0 Å². The van der Waals surface area contributed by atoms with Crippen LogP contribution in [0.2, 0.25) is 0 Å². The Hall–Kier alpha value is -2.46. The number of halogens is 3. The van der Waals surface area contributed by atoms with Crippen LogP contribution in [0.1, 0.15) is 5.69 Å². The first kappa shape index (κ1) is 19.3. The van der Waals surface area contributed by atoms with Crippen LogP contribution >= 0.6 is 11.8 Å². The van der Waals surface area contributed by atoms with Crippen LogP contribution < -0.4 is 4.83 Å². The summed E-state index contributed by atoms with van der Waals surface area (Å²) in [4.78, 5) is 3.57.